The summed E-state index contributed by atoms with van der Waals surface area (Å²) in [4.78, 5) is 12.3. The Kier molecular flexibility index (Phi) is 7.90. The number of hydrogen-bond donors (Lipinski definition) is 1. The fraction of sp³-hybridized carbons (Fsp3) is 0.500. The van der Waals surface area contributed by atoms with Crippen molar-refractivity contribution in [1.29, 1.82) is 0 Å². The van der Waals surface area contributed by atoms with Crippen molar-refractivity contribution in [2.75, 3.05) is 13.2 Å². The number of primary amides is 1. The molecule has 0 bridgehead atoms. The maximum Gasteiger partial charge on any atom is 0.416 e. The highest BCUT2D eigenvalue weighted by molar-refractivity contribution is 6.02. The summed E-state index contributed by atoms with van der Waals surface area (Å²) >= 11 is 0. The third-order valence-electron chi connectivity index (χ3n) is 5.02. The Balaban J connectivity index is 2.56. The Morgan fingerprint density at radius 2 is 1.79 bits per heavy atom. The lowest BCUT2D eigenvalue weighted by molar-refractivity contribution is -0.137. The molecule has 0 aliphatic rings. The summed E-state index contributed by atoms with van der Waals surface area (Å²) in [6, 6.07) is 4.94. The Labute approximate surface area is 169 Å². The number of aromatic nitrogens is 1. The molecule has 7 heteroatoms. The van der Waals surface area contributed by atoms with Gasteiger partial charge in [-0.3, -0.25) is 4.79 Å². The molecule has 2 aromatic rings. The van der Waals surface area contributed by atoms with E-state index in [-0.39, 0.29) is 0 Å². The molecule has 0 spiro atoms. The minimum atomic E-state index is -4.41. The molecule has 4 nitrogen and oxygen atoms in total. The second-order valence-corrected chi connectivity index (χ2v) is 7.03. The lowest BCUT2D eigenvalue weighted by Gasteiger charge is -2.14. The number of benzene rings is 1. The van der Waals surface area contributed by atoms with Gasteiger partial charge < -0.3 is 15.0 Å². The van der Waals surface area contributed by atoms with E-state index in [1.54, 1.807) is 0 Å². The molecule has 160 valence electrons. The van der Waals surface area contributed by atoms with Crippen LogP contribution >= 0.6 is 0 Å². The molecule has 0 aliphatic carbocycles. The van der Waals surface area contributed by atoms with E-state index in [1.165, 1.54) is 12.1 Å². The standard InChI is InChI=1S/C22H29F3N2O2/c1-4-6-8-18-20(16-9-11-17(12-10-16)22(23,24)25)19(21(26)28)15(3)27(18)13-7-14-29-5-2/h9-12H,4-8,13-14H2,1-3H3,(H2,26,28). The zero-order valence-electron chi connectivity index (χ0n) is 17.2. The Bertz CT molecular complexity index is 824. The first kappa shape index (κ1) is 23.0. The minimum Gasteiger partial charge on any atom is -0.382 e. The van der Waals surface area contributed by atoms with E-state index in [4.69, 9.17) is 10.5 Å². The highest BCUT2D eigenvalue weighted by Crippen LogP contribution is 2.36. The molecule has 0 atom stereocenters. The average Bonchev–Trinajstić information content (AvgIpc) is 2.94. The number of ether oxygens (including phenoxy) is 1. The summed E-state index contributed by atoms with van der Waals surface area (Å²) < 4.78 is 46.4. The predicted molar refractivity (Wildman–Crippen MR) is 108 cm³/mol. The SMILES string of the molecule is CCCCc1c(-c2ccc(C(F)(F)F)cc2)c(C(N)=O)c(C)n1CCCOCC. The summed E-state index contributed by atoms with van der Waals surface area (Å²) in [5.41, 5.74) is 8.25. The minimum absolute atomic E-state index is 0.382. The third-order valence-corrected chi connectivity index (χ3v) is 5.02. The Morgan fingerprint density at radius 3 is 2.31 bits per heavy atom. The van der Waals surface area contributed by atoms with Gasteiger partial charge in [0.15, 0.2) is 0 Å². The van der Waals surface area contributed by atoms with Gasteiger partial charge in [0.05, 0.1) is 11.1 Å². The molecule has 2 rings (SSSR count). The third kappa shape index (κ3) is 5.41. The lowest BCUT2D eigenvalue weighted by Crippen LogP contribution is -2.14. The summed E-state index contributed by atoms with van der Waals surface area (Å²) in [7, 11) is 0. The monoisotopic (exact) mass is 410 g/mol. The number of hydrogen-bond acceptors (Lipinski definition) is 2. The van der Waals surface area contributed by atoms with Crippen LogP contribution in [0.1, 0.15) is 60.4 Å². The number of amides is 1. The molecule has 0 saturated carbocycles. The fourth-order valence-electron chi connectivity index (χ4n) is 3.61. The molecule has 0 radical (unpaired) electrons. The van der Waals surface area contributed by atoms with Crippen molar-refractivity contribution in [3.8, 4) is 11.1 Å². The number of alkyl halides is 3. The van der Waals surface area contributed by atoms with Crippen LogP contribution < -0.4 is 5.73 Å². The van der Waals surface area contributed by atoms with Gasteiger partial charge in [0.25, 0.3) is 5.91 Å². The first-order chi connectivity index (χ1) is 13.7. The second-order valence-electron chi connectivity index (χ2n) is 7.03. The van der Waals surface area contributed by atoms with Crippen LogP contribution in [0.25, 0.3) is 11.1 Å². The van der Waals surface area contributed by atoms with Crippen LogP contribution in [0.2, 0.25) is 0 Å². The van der Waals surface area contributed by atoms with Crippen LogP contribution in [0, 0.1) is 6.92 Å². The van der Waals surface area contributed by atoms with E-state index in [0.29, 0.717) is 36.4 Å². The number of nitrogens with two attached hydrogens (primary N) is 1. The number of carbonyl (C=O) groups excluding carboxylic acids is 1. The molecular weight excluding hydrogens is 381 g/mol. The molecular formula is C22H29F3N2O2. The van der Waals surface area contributed by atoms with Gasteiger partial charge in [-0.25, -0.2) is 0 Å². The second kappa shape index (κ2) is 9.96. The number of unbranched alkanes of at least 4 members (excludes halogenated alkanes) is 1. The highest BCUT2D eigenvalue weighted by Gasteiger charge is 2.31. The van der Waals surface area contributed by atoms with Crippen molar-refractivity contribution < 1.29 is 22.7 Å². The van der Waals surface area contributed by atoms with Crippen molar-refractivity contribution >= 4 is 5.91 Å². The quantitative estimate of drug-likeness (QED) is 0.537. The molecule has 0 fully saturated rings. The largest absolute Gasteiger partial charge is 0.416 e. The molecule has 29 heavy (non-hydrogen) atoms. The Morgan fingerprint density at radius 1 is 1.14 bits per heavy atom. The van der Waals surface area contributed by atoms with Crippen molar-refractivity contribution in [3.05, 3.63) is 46.8 Å². The van der Waals surface area contributed by atoms with Crippen LogP contribution in [0.5, 0.6) is 0 Å². The normalized spacial score (nSPS) is 11.8. The summed E-state index contributed by atoms with van der Waals surface area (Å²) in [6.07, 6.45) is -1.05. The topological polar surface area (TPSA) is 57.2 Å². The fourth-order valence-corrected chi connectivity index (χ4v) is 3.61. The lowest BCUT2D eigenvalue weighted by atomic mass is 9.96. The van der Waals surface area contributed by atoms with Crippen LogP contribution in [0.3, 0.4) is 0 Å². The number of halogens is 3. The van der Waals surface area contributed by atoms with E-state index in [9.17, 15) is 18.0 Å². The average molecular weight is 410 g/mol. The molecule has 1 aromatic carbocycles. The Hall–Kier alpha value is -2.28. The van der Waals surface area contributed by atoms with Crippen molar-refractivity contribution in [2.24, 2.45) is 5.73 Å². The predicted octanol–water partition coefficient (Wildman–Crippen LogP) is 5.35. The van der Waals surface area contributed by atoms with Crippen molar-refractivity contribution in [2.45, 2.75) is 59.2 Å². The maximum atomic E-state index is 13.0. The van der Waals surface area contributed by atoms with Crippen LogP contribution in [0.4, 0.5) is 13.2 Å². The van der Waals surface area contributed by atoms with Crippen LogP contribution in [-0.4, -0.2) is 23.7 Å². The summed E-state index contributed by atoms with van der Waals surface area (Å²) in [6.45, 7) is 7.73. The number of rotatable bonds is 10. The molecule has 0 saturated heterocycles. The first-order valence-corrected chi connectivity index (χ1v) is 9.99. The van der Waals surface area contributed by atoms with Crippen LogP contribution in [-0.2, 0) is 23.9 Å². The zero-order chi connectivity index (χ0) is 21.6. The van der Waals surface area contributed by atoms with Gasteiger partial charge in [-0.05, 0) is 50.8 Å². The van der Waals surface area contributed by atoms with Gasteiger partial charge in [-0.15, -0.1) is 0 Å². The molecule has 0 aliphatic heterocycles. The van der Waals surface area contributed by atoms with Crippen molar-refractivity contribution in [1.82, 2.24) is 4.57 Å². The van der Waals surface area contributed by atoms with E-state index in [2.05, 4.69) is 11.5 Å². The van der Waals surface area contributed by atoms with Gasteiger partial charge in [0.2, 0.25) is 0 Å². The molecule has 1 aromatic heterocycles. The molecule has 1 amide bonds. The summed E-state index contributed by atoms with van der Waals surface area (Å²) in [5, 5.41) is 0. The molecule has 2 N–H and O–H groups in total. The smallest absolute Gasteiger partial charge is 0.382 e. The van der Waals surface area contributed by atoms with Gasteiger partial charge >= 0.3 is 6.18 Å². The first-order valence-electron chi connectivity index (χ1n) is 9.99. The van der Waals surface area contributed by atoms with E-state index in [0.717, 1.165) is 49.2 Å². The number of carbonyl (C=O) groups is 1. The van der Waals surface area contributed by atoms with E-state index < -0.39 is 17.6 Å². The van der Waals surface area contributed by atoms with E-state index in [1.807, 2.05) is 13.8 Å². The van der Waals surface area contributed by atoms with Gasteiger partial charge in [0, 0.05) is 36.7 Å². The van der Waals surface area contributed by atoms with Gasteiger partial charge in [-0.2, -0.15) is 13.2 Å². The van der Waals surface area contributed by atoms with Gasteiger partial charge in [-0.1, -0.05) is 25.5 Å². The molecule has 1 heterocycles. The van der Waals surface area contributed by atoms with Crippen molar-refractivity contribution in [3.63, 3.8) is 0 Å². The summed E-state index contributed by atoms with van der Waals surface area (Å²) in [5.74, 6) is -0.571. The zero-order valence-corrected chi connectivity index (χ0v) is 17.2. The number of nitrogens with zero attached hydrogens (tertiary/aromatic N) is 1. The molecule has 0 unspecified atom stereocenters. The van der Waals surface area contributed by atoms with E-state index >= 15 is 0 Å². The highest BCUT2D eigenvalue weighted by atomic mass is 19.4. The maximum absolute atomic E-state index is 13.0. The van der Waals surface area contributed by atoms with Crippen LogP contribution in [0.15, 0.2) is 24.3 Å². The van der Waals surface area contributed by atoms with Gasteiger partial charge in [0.1, 0.15) is 0 Å².